The minimum absolute atomic E-state index is 0.173. The van der Waals surface area contributed by atoms with Crippen molar-refractivity contribution in [2.45, 2.75) is 32.1 Å². The van der Waals surface area contributed by atoms with Gasteiger partial charge in [0.1, 0.15) is 6.07 Å². The highest BCUT2D eigenvalue weighted by Gasteiger charge is 2.15. The maximum Gasteiger partial charge on any atom is 0.335 e. The fraction of sp³-hybridized carbons (Fsp3) is 0.467. The Labute approximate surface area is 113 Å². The summed E-state index contributed by atoms with van der Waals surface area (Å²) in [6, 6.07) is 6.94. The Bertz CT molecular complexity index is 497. The van der Waals surface area contributed by atoms with Gasteiger partial charge in [0, 0.05) is 13.1 Å². The Morgan fingerprint density at radius 2 is 1.79 bits per heavy atom. The number of anilines is 1. The van der Waals surface area contributed by atoms with Gasteiger partial charge in [-0.25, -0.2) is 4.79 Å². The third kappa shape index (κ3) is 3.25. The van der Waals surface area contributed by atoms with Crippen molar-refractivity contribution in [1.82, 2.24) is 0 Å². The molecule has 0 saturated carbocycles. The summed E-state index contributed by atoms with van der Waals surface area (Å²) in [6.45, 7) is 1.89. The van der Waals surface area contributed by atoms with Crippen molar-refractivity contribution >= 4 is 11.7 Å². The molecule has 1 aromatic carbocycles. The molecule has 100 valence electrons. The molecule has 1 aromatic rings. The van der Waals surface area contributed by atoms with Crippen LogP contribution in [0.25, 0.3) is 0 Å². The summed E-state index contributed by atoms with van der Waals surface area (Å²) in [5, 5.41) is 18.2. The van der Waals surface area contributed by atoms with Gasteiger partial charge in [0.05, 0.1) is 16.8 Å². The van der Waals surface area contributed by atoms with E-state index in [9.17, 15) is 10.1 Å². The number of carboxylic acid groups (broad SMARTS) is 1. The Morgan fingerprint density at radius 3 is 2.37 bits per heavy atom. The van der Waals surface area contributed by atoms with Gasteiger partial charge in [0.15, 0.2) is 0 Å². The summed E-state index contributed by atoms with van der Waals surface area (Å²) >= 11 is 0. The number of hydrogen-bond donors (Lipinski definition) is 1. The normalized spacial score (nSPS) is 16.3. The molecule has 2 rings (SSSR count). The first-order valence-corrected chi connectivity index (χ1v) is 6.75. The van der Waals surface area contributed by atoms with Crippen LogP contribution in [0.3, 0.4) is 0 Å². The SMILES string of the molecule is N#Cc1cc(C(=O)O)ccc1N1CCCCCCC1. The van der Waals surface area contributed by atoms with Crippen LogP contribution >= 0.6 is 0 Å². The summed E-state index contributed by atoms with van der Waals surface area (Å²) < 4.78 is 0. The van der Waals surface area contributed by atoms with E-state index in [1.807, 2.05) is 0 Å². The van der Waals surface area contributed by atoms with Crippen LogP contribution in [0.15, 0.2) is 18.2 Å². The number of benzene rings is 1. The molecule has 1 saturated heterocycles. The van der Waals surface area contributed by atoms with Crippen LogP contribution in [0.2, 0.25) is 0 Å². The van der Waals surface area contributed by atoms with Crippen molar-refractivity contribution < 1.29 is 9.90 Å². The van der Waals surface area contributed by atoms with Crippen molar-refractivity contribution in [3.8, 4) is 6.07 Å². The van der Waals surface area contributed by atoms with E-state index in [4.69, 9.17) is 5.11 Å². The van der Waals surface area contributed by atoms with E-state index in [0.717, 1.165) is 31.6 Å². The van der Waals surface area contributed by atoms with Crippen molar-refractivity contribution in [2.24, 2.45) is 0 Å². The van der Waals surface area contributed by atoms with Gasteiger partial charge >= 0.3 is 5.97 Å². The van der Waals surface area contributed by atoms with Crippen molar-refractivity contribution in [2.75, 3.05) is 18.0 Å². The largest absolute Gasteiger partial charge is 0.478 e. The molecule has 1 fully saturated rings. The molecule has 0 spiro atoms. The number of nitrogens with zero attached hydrogens (tertiary/aromatic N) is 2. The molecule has 0 unspecified atom stereocenters. The Morgan fingerprint density at radius 1 is 1.16 bits per heavy atom. The quantitative estimate of drug-likeness (QED) is 0.885. The zero-order valence-electron chi connectivity index (χ0n) is 10.9. The number of carbonyl (C=O) groups is 1. The van der Waals surface area contributed by atoms with E-state index >= 15 is 0 Å². The number of hydrogen-bond acceptors (Lipinski definition) is 3. The van der Waals surface area contributed by atoms with Gasteiger partial charge in [-0.1, -0.05) is 19.3 Å². The van der Waals surface area contributed by atoms with Gasteiger partial charge in [0.2, 0.25) is 0 Å². The van der Waals surface area contributed by atoms with Crippen LogP contribution in [0.4, 0.5) is 5.69 Å². The van der Waals surface area contributed by atoms with Gasteiger partial charge in [-0.2, -0.15) is 5.26 Å². The lowest BCUT2D eigenvalue weighted by Crippen LogP contribution is -2.27. The summed E-state index contributed by atoms with van der Waals surface area (Å²) in [5.74, 6) is -0.990. The first-order valence-electron chi connectivity index (χ1n) is 6.75. The van der Waals surface area contributed by atoms with Crippen LogP contribution in [0.1, 0.15) is 48.0 Å². The Kier molecular flexibility index (Phi) is 4.40. The van der Waals surface area contributed by atoms with Gasteiger partial charge < -0.3 is 10.0 Å². The lowest BCUT2D eigenvalue weighted by Gasteiger charge is -2.27. The highest BCUT2D eigenvalue weighted by Crippen LogP contribution is 2.24. The van der Waals surface area contributed by atoms with Crippen molar-refractivity contribution in [3.63, 3.8) is 0 Å². The first-order chi connectivity index (χ1) is 9.22. The van der Waals surface area contributed by atoms with Crippen molar-refractivity contribution in [3.05, 3.63) is 29.3 Å². The van der Waals surface area contributed by atoms with Gasteiger partial charge in [-0.15, -0.1) is 0 Å². The molecule has 0 atom stereocenters. The van der Waals surface area contributed by atoms with E-state index in [2.05, 4.69) is 11.0 Å². The minimum atomic E-state index is -0.990. The van der Waals surface area contributed by atoms with E-state index in [-0.39, 0.29) is 5.56 Å². The molecular weight excluding hydrogens is 240 g/mol. The second kappa shape index (κ2) is 6.24. The molecule has 1 heterocycles. The molecule has 0 amide bonds. The third-order valence-electron chi connectivity index (χ3n) is 3.56. The van der Waals surface area contributed by atoms with Crippen LogP contribution < -0.4 is 4.90 Å². The number of aromatic carboxylic acids is 1. The second-order valence-electron chi connectivity index (χ2n) is 4.90. The number of carboxylic acids is 1. The summed E-state index contributed by atoms with van der Waals surface area (Å²) in [5.41, 5.74) is 1.50. The molecule has 0 bridgehead atoms. The summed E-state index contributed by atoms with van der Waals surface area (Å²) in [6.07, 6.45) is 6.01. The molecular formula is C15H18N2O2. The predicted octanol–water partition coefficient (Wildman–Crippen LogP) is 3.03. The molecule has 0 aliphatic carbocycles. The molecule has 0 aromatic heterocycles. The van der Waals surface area contributed by atoms with E-state index < -0.39 is 5.97 Å². The predicted molar refractivity (Wildman–Crippen MR) is 73.4 cm³/mol. The molecule has 4 heteroatoms. The lowest BCUT2D eigenvalue weighted by atomic mass is 10.0. The molecule has 1 aliphatic heterocycles. The summed E-state index contributed by atoms with van der Waals surface area (Å²) in [7, 11) is 0. The van der Waals surface area contributed by atoms with E-state index in [1.165, 1.54) is 25.3 Å². The molecule has 19 heavy (non-hydrogen) atoms. The highest BCUT2D eigenvalue weighted by atomic mass is 16.4. The second-order valence-corrected chi connectivity index (χ2v) is 4.90. The topological polar surface area (TPSA) is 64.3 Å². The zero-order chi connectivity index (χ0) is 13.7. The number of nitriles is 1. The average Bonchev–Trinajstić information content (AvgIpc) is 2.38. The first kappa shape index (κ1) is 13.4. The molecule has 4 nitrogen and oxygen atoms in total. The van der Waals surface area contributed by atoms with Crippen LogP contribution in [0.5, 0.6) is 0 Å². The Balaban J connectivity index is 2.27. The molecule has 1 aliphatic rings. The van der Waals surface area contributed by atoms with Crippen molar-refractivity contribution in [1.29, 1.82) is 5.26 Å². The molecule has 1 N–H and O–H groups in total. The minimum Gasteiger partial charge on any atom is -0.478 e. The van der Waals surface area contributed by atoms with E-state index in [0.29, 0.717) is 5.56 Å². The smallest absolute Gasteiger partial charge is 0.335 e. The fourth-order valence-corrected chi connectivity index (χ4v) is 2.52. The highest BCUT2D eigenvalue weighted by molar-refractivity contribution is 5.89. The maximum absolute atomic E-state index is 10.9. The van der Waals surface area contributed by atoms with Crippen LogP contribution in [-0.4, -0.2) is 24.2 Å². The molecule has 0 radical (unpaired) electrons. The van der Waals surface area contributed by atoms with Gasteiger partial charge in [-0.05, 0) is 31.0 Å². The monoisotopic (exact) mass is 258 g/mol. The van der Waals surface area contributed by atoms with Crippen LogP contribution in [0, 0.1) is 11.3 Å². The van der Waals surface area contributed by atoms with Gasteiger partial charge in [-0.3, -0.25) is 0 Å². The number of rotatable bonds is 2. The fourth-order valence-electron chi connectivity index (χ4n) is 2.52. The lowest BCUT2D eigenvalue weighted by molar-refractivity contribution is 0.0697. The van der Waals surface area contributed by atoms with Crippen LogP contribution in [-0.2, 0) is 0 Å². The standard InChI is InChI=1S/C15H18N2O2/c16-11-13-10-12(15(18)19)6-7-14(13)17-8-4-2-1-3-5-9-17/h6-7,10H,1-5,8-9H2,(H,18,19). The third-order valence-corrected chi connectivity index (χ3v) is 3.56. The zero-order valence-corrected chi connectivity index (χ0v) is 10.9. The Hall–Kier alpha value is -2.02. The average molecular weight is 258 g/mol. The van der Waals surface area contributed by atoms with Gasteiger partial charge in [0.25, 0.3) is 0 Å². The van der Waals surface area contributed by atoms with E-state index in [1.54, 1.807) is 12.1 Å². The summed E-state index contributed by atoms with van der Waals surface area (Å²) in [4.78, 5) is 13.1. The maximum atomic E-state index is 10.9.